The summed E-state index contributed by atoms with van der Waals surface area (Å²) in [6.45, 7) is 0.908. The summed E-state index contributed by atoms with van der Waals surface area (Å²) in [5, 5.41) is 2.94. The van der Waals surface area contributed by atoms with Gasteiger partial charge >= 0.3 is 0 Å². The van der Waals surface area contributed by atoms with Crippen molar-refractivity contribution in [3.05, 3.63) is 47.5 Å². The van der Waals surface area contributed by atoms with Crippen LogP contribution in [0.5, 0.6) is 11.5 Å². The quantitative estimate of drug-likeness (QED) is 0.883. The monoisotopic (exact) mass is 378 g/mol. The molecular formula is C22H22N2O4. The SMILES string of the molecule is O=C(Nc1ccc2c(c1)CCN2C(=O)C1CCCC1)c1ccc2c(c1)OCO2. The second kappa shape index (κ2) is 6.86. The molecule has 0 aromatic heterocycles. The third kappa shape index (κ3) is 2.99. The van der Waals surface area contributed by atoms with Crippen LogP contribution in [0.2, 0.25) is 0 Å². The summed E-state index contributed by atoms with van der Waals surface area (Å²) in [5.74, 6) is 1.48. The van der Waals surface area contributed by atoms with E-state index in [1.807, 2.05) is 23.1 Å². The Bertz CT molecular complexity index is 950. The van der Waals surface area contributed by atoms with Crippen LogP contribution in [0.15, 0.2) is 36.4 Å². The van der Waals surface area contributed by atoms with Crippen molar-refractivity contribution in [1.29, 1.82) is 0 Å². The Morgan fingerprint density at radius 3 is 2.68 bits per heavy atom. The molecule has 1 aliphatic carbocycles. The lowest BCUT2D eigenvalue weighted by Crippen LogP contribution is -2.33. The van der Waals surface area contributed by atoms with Crippen molar-refractivity contribution in [3.8, 4) is 11.5 Å². The highest BCUT2D eigenvalue weighted by Gasteiger charge is 2.31. The molecule has 2 aromatic carbocycles. The van der Waals surface area contributed by atoms with E-state index in [9.17, 15) is 9.59 Å². The second-order valence-electron chi connectivity index (χ2n) is 7.59. The lowest BCUT2D eigenvalue weighted by molar-refractivity contribution is -0.122. The average Bonchev–Trinajstić information content (AvgIpc) is 3.46. The Morgan fingerprint density at radius 2 is 1.82 bits per heavy atom. The molecule has 3 aliphatic rings. The maximum absolute atomic E-state index is 12.8. The molecule has 2 heterocycles. The highest BCUT2D eigenvalue weighted by atomic mass is 16.7. The van der Waals surface area contributed by atoms with Gasteiger partial charge in [-0.3, -0.25) is 9.59 Å². The van der Waals surface area contributed by atoms with E-state index in [0.717, 1.165) is 55.6 Å². The average molecular weight is 378 g/mol. The molecule has 0 bridgehead atoms. The van der Waals surface area contributed by atoms with E-state index in [2.05, 4.69) is 5.32 Å². The third-order valence-electron chi connectivity index (χ3n) is 5.84. The van der Waals surface area contributed by atoms with Crippen LogP contribution in [0.3, 0.4) is 0 Å². The molecule has 0 radical (unpaired) electrons. The molecule has 0 saturated heterocycles. The topological polar surface area (TPSA) is 67.9 Å². The molecule has 0 unspecified atom stereocenters. The van der Waals surface area contributed by atoms with Crippen molar-refractivity contribution in [3.63, 3.8) is 0 Å². The minimum absolute atomic E-state index is 0.177. The Balaban J connectivity index is 1.31. The van der Waals surface area contributed by atoms with Gasteiger partial charge in [0, 0.05) is 29.4 Å². The molecule has 6 nitrogen and oxygen atoms in total. The molecule has 144 valence electrons. The number of ether oxygens (including phenoxy) is 2. The summed E-state index contributed by atoms with van der Waals surface area (Å²) in [6.07, 6.45) is 5.15. The van der Waals surface area contributed by atoms with Crippen molar-refractivity contribution >= 4 is 23.2 Å². The van der Waals surface area contributed by atoms with E-state index < -0.39 is 0 Å². The van der Waals surface area contributed by atoms with Crippen LogP contribution in [0.4, 0.5) is 11.4 Å². The molecule has 1 fully saturated rings. The number of carbonyl (C=O) groups excluding carboxylic acids is 2. The molecule has 5 rings (SSSR count). The van der Waals surface area contributed by atoms with E-state index in [1.54, 1.807) is 18.2 Å². The van der Waals surface area contributed by atoms with Crippen molar-refractivity contribution in [2.75, 3.05) is 23.6 Å². The van der Waals surface area contributed by atoms with Crippen molar-refractivity contribution in [2.45, 2.75) is 32.1 Å². The first-order chi connectivity index (χ1) is 13.7. The Morgan fingerprint density at radius 1 is 1.00 bits per heavy atom. The highest BCUT2D eigenvalue weighted by molar-refractivity contribution is 6.05. The highest BCUT2D eigenvalue weighted by Crippen LogP contribution is 2.35. The second-order valence-corrected chi connectivity index (χ2v) is 7.59. The molecule has 0 spiro atoms. The standard InChI is InChI=1S/C22H22N2O4/c25-21(16-5-8-19-20(12-16)28-13-27-19)23-17-6-7-18-15(11-17)9-10-24(18)22(26)14-3-1-2-4-14/h5-8,11-12,14H,1-4,9-10,13H2,(H,23,25). The number of nitrogens with zero attached hydrogens (tertiary/aromatic N) is 1. The fourth-order valence-electron chi connectivity index (χ4n) is 4.34. The lowest BCUT2D eigenvalue weighted by Gasteiger charge is -2.21. The van der Waals surface area contributed by atoms with Gasteiger partial charge in [0.15, 0.2) is 11.5 Å². The smallest absolute Gasteiger partial charge is 0.255 e. The number of nitrogens with one attached hydrogen (secondary N) is 1. The van der Waals surface area contributed by atoms with E-state index in [4.69, 9.17) is 9.47 Å². The van der Waals surface area contributed by atoms with Gasteiger partial charge in [-0.15, -0.1) is 0 Å². The van der Waals surface area contributed by atoms with E-state index in [1.165, 1.54) is 0 Å². The first-order valence-electron chi connectivity index (χ1n) is 9.84. The van der Waals surface area contributed by atoms with Crippen molar-refractivity contribution in [2.24, 2.45) is 5.92 Å². The van der Waals surface area contributed by atoms with E-state index in [-0.39, 0.29) is 24.5 Å². The lowest BCUT2D eigenvalue weighted by atomic mass is 10.1. The number of hydrogen-bond acceptors (Lipinski definition) is 4. The summed E-state index contributed by atoms with van der Waals surface area (Å²) in [6, 6.07) is 10.9. The van der Waals surface area contributed by atoms with Gasteiger partial charge in [-0.05, 0) is 61.2 Å². The Labute approximate surface area is 163 Å². The van der Waals surface area contributed by atoms with Gasteiger partial charge in [0.05, 0.1) is 0 Å². The van der Waals surface area contributed by atoms with Gasteiger partial charge in [0.2, 0.25) is 12.7 Å². The molecule has 0 atom stereocenters. The molecule has 2 aliphatic heterocycles. The van der Waals surface area contributed by atoms with Crippen LogP contribution in [0.25, 0.3) is 0 Å². The van der Waals surface area contributed by atoms with Crippen LogP contribution in [-0.2, 0) is 11.2 Å². The number of hydrogen-bond donors (Lipinski definition) is 1. The van der Waals surface area contributed by atoms with Crippen molar-refractivity contribution in [1.82, 2.24) is 0 Å². The van der Waals surface area contributed by atoms with E-state index >= 15 is 0 Å². The molecule has 1 saturated carbocycles. The van der Waals surface area contributed by atoms with Gasteiger partial charge < -0.3 is 19.7 Å². The molecular weight excluding hydrogens is 356 g/mol. The van der Waals surface area contributed by atoms with Crippen LogP contribution < -0.4 is 19.7 Å². The zero-order valence-electron chi connectivity index (χ0n) is 15.6. The Hall–Kier alpha value is -3.02. The van der Waals surface area contributed by atoms with Crippen LogP contribution in [-0.4, -0.2) is 25.2 Å². The largest absolute Gasteiger partial charge is 0.454 e. The first-order valence-corrected chi connectivity index (χ1v) is 9.84. The van der Waals surface area contributed by atoms with Crippen LogP contribution >= 0.6 is 0 Å². The van der Waals surface area contributed by atoms with Gasteiger partial charge in [-0.25, -0.2) is 0 Å². The summed E-state index contributed by atoms with van der Waals surface area (Å²) in [5.41, 5.74) is 3.34. The maximum atomic E-state index is 12.8. The predicted octanol–water partition coefficient (Wildman–Crippen LogP) is 3.75. The molecule has 6 heteroatoms. The van der Waals surface area contributed by atoms with Crippen molar-refractivity contribution < 1.29 is 19.1 Å². The summed E-state index contributed by atoms with van der Waals surface area (Å²) in [4.78, 5) is 27.3. The number of carbonyl (C=O) groups is 2. The van der Waals surface area contributed by atoms with Crippen LogP contribution in [0.1, 0.15) is 41.6 Å². The molecule has 2 aromatic rings. The first kappa shape index (κ1) is 17.1. The number of rotatable bonds is 3. The molecule has 28 heavy (non-hydrogen) atoms. The van der Waals surface area contributed by atoms with E-state index in [0.29, 0.717) is 17.1 Å². The fourth-order valence-corrected chi connectivity index (χ4v) is 4.34. The molecule has 2 amide bonds. The normalized spacial score (nSPS) is 17.6. The molecule has 1 N–H and O–H groups in total. The zero-order valence-corrected chi connectivity index (χ0v) is 15.6. The van der Waals surface area contributed by atoms with Gasteiger partial charge in [0.1, 0.15) is 0 Å². The summed E-state index contributed by atoms with van der Waals surface area (Å²) in [7, 11) is 0. The zero-order chi connectivity index (χ0) is 19.1. The number of amides is 2. The maximum Gasteiger partial charge on any atom is 0.255 e. The van der Waals surface area contributed by atoms with Crippen LogP contribution in [0, 0.1) is 5.92 Å². The van der Waals surface area contributed by atoms with Gasteiger partial charge in [-0.1, -0.05) is 12.8 Å². The summed E-state index contributed by atoms with van der Waals surface area (Å²) < 4.78 is 10.6. The number of anilines is 2. The third-order valence-corrected chi connectivity index (χ3v) is 5.84. The van der Waals surface area contributed by atoms with Gasteiger partial charge in [0.25, 0.3) is 5.91 Å². The number of fused-ring (bicyclic) bond motifs is 2. The fraction of sp³-hybridized carbons (Fsp3) is 0.364. The number of benzene rings is 2. The van der Waals surface area contributed by atoms with Gasteiger partial charge in [-0.2, -0.15) is 0 Å². The Kier molecular flexibility index (Phi) is 4.19. The predicted molar refractivity (Wildman–Crippen MR) is 105 cm³/mol. The minimum atomic E-state index is -0.199. The summed E-state index contributed by atoms with van der Waals surface area (Å²) >= 11 is 0. The minimum Gasteiger partial charge on any atom is -0.454 e.